The average Bonchev–Trinajstić information content (AvgIpc) is 3.67. The van der Waals surface area contributed by atoms with E-state index in [-0.39, 0.29) is 30.6 Å². The minimum atomic E-state index is -0.386. The molecular weight excluding hydrogens is 535 g/mol. The Morgan fingerprint density at radius 3 is 2.41 bits per heavy atom. The molecule has 1 saturated carbocycles. The van der Waals surface area contributed by atoms with Crippen LogP contribution in [0.5, 0.6) is 5.75 Å². The van der Waals surface area contributed by atoms with Crippen LogP contribution in [0, 0.1) is 0 Å². The molecule has 1 aliphatic heterocycles. The second-order valence-electron chi connectivity index (χ2n) is 9.64. The van der Waals surface area contributed by atoms with Crippen LogP contribution in [0.2, 0.25) is 10.0 Å². The highest BCUT2D eigenvalue weighted by Crippen LogP contribution is 2.43. The van der Waals surface area contributed by atoms with Gasteiger partial charge in [-0.05, 0) is 73.0 Å². The molecule has 0 radical (unpaired) electrons. The van der Waals surface area contributed by atoms with Crippen molar-refractivity contribution in [1.82, 2.24) is 9.47 Å². The maximum atomic E-state index is 14.2. The smallest absolute Gasteiger partial charge is 0.322 e. The molecule has 4 aromatic rings. The van der Waals surface area contributed by atoms with Gasteiger partial charge in [0.25, 0.3) is 0 Å². The number of methoxy groups -OCH3 is 1. The van der Waals surface area contributed by atoms with E-state index in [0.29, 0.717) is 15.7 Å². The van der Waals surface area contributed by atoms with Crippen molar-refractivity contribution in [3.8, 4) is 11.4 Å². The number of urea groups is 1. The fourth-order valence-electron chi connectivity index (χ4n) is 5.12. The number of amides is 3. The lowest BCUT2D eigenvalue weighted by atomic mass is 9.97. The number of fused-ring (bicyclic) bond motifs is 3. The third kappa shape index (κ3) is 4.84. The van der Waals surface area contributed by atoms with Gasteiger partial charge < -0.3 is 19.5 Å². The van der Waals surface area contributed by atoms with Gasteiger partial charge in [0.1, 0.15) is 18.3 Å². The number of nitrogens with one attached hydrogen (secondary N) is 1. The van der Waals surface area contributed by atoms with Crippen LogP contribution in [0.1, 0.15) is 30.1 Å². The molecule has 1 fully saturated rings. The van der Waals surface area contributed by atoms with Crippen molar-refractivity contribution in [2.45, 2.75) is 24.9 Å². The van der Waals surface area contributed by atoms with Crippen molar-refractivity contribution in [3.63, 3.8) is 0 Å². The minimum absolute atomic E-state index is 0.0108. The Morgan fingerprint density at radius 1 is 0.974 bits per heavy atom. The molecule has 9 heteroatoms. The number of carbonyl (C=O) groups excluding carboxylic acids is 2. The van der Waals surface area contributed by atoms with Crippen molar-refractivity contribution in [2.24, 2.45) is 0 Å². The zero-order chi connectivity index (χ0) is 27.1. The lowest BCUT2D eigenvalue weighted by molar-refractivity contribution is -0.119. The first-order chi connectivity index (χ1) is 18.9. The molecule has 0 saturated heterocycles. The number of nitrogens with zero attached hydrogens (tertiary/aromatic N) is 3. The van der Waals surface area contributed by atoms with Gasteiger partial charge in [0.15, 0.2) is 0 Å². The lowest BCUT2D eigenvalue weighted by Gasteiger charge is -2.39. The third-order valence-corrected chi connectivity index (χ3v) is 7.69. The summed E-state index contributed by atoms with van der Waals surface area (Å²) >= 11 is 12.3. The highest BCUT2D eigenvalue weighted by atomic mass is 35.5. The number of para-hydroxylation sites is 2. The Bertz CT molecular complexity index is 1550. The van der Waals surface area contributed by atoms with E-state index in [4.69, 9.17) is 27.9 Å². The predicted octanol–water partition coefficient (Wildman–Crippen LogP) is 6.93. The number of benzene rings is 3. The van der Waals surface area contributed by atoms with Crippen LogP contribution < -0.4 is 15.0 Å². The first kappa shape index (κ1) is 25.3. The van der Waals surface area contributed by atoms with E-state index < -0.39 is 0 Å². The quantitative estimate of drug-likeness (QED) is 0.278. The van der Waals surface area contributed by atoms with Crippen molar-refractivity contribution in [2.75, 3.05) is 23.9 Å². The number of hydrogen-bond acceptors (Lipinski definition) is 3. The molecule has 1 N–H and O–H groups in total. The van der Waals surface area contributed by atoms with Crippen molar-refractivity contribution >= 4 is 46.5 Å². The number of aromatic nitrogens is 1. The summed E-state index contributed by atoms with van der Waals surface area (Å²) in [6.07, 6.45) is 3.69. The number of ether oxygens (including phenoxy) is 1. The maximum Gasteiger partial charge on any atom is 0.322 e. The van der Waals surface area contributed by atoms with E-state index in [1.165, 1.54) is 0 Å². The normalized spacial score (nSPS) is 15.8. The highest BCUT2D eigenvalue weighted by Gasteiger charge is 2.40. The zero-order valence-electron chi connectivity index (χ0n) is 21.2. The van der Waals surface area contributed by atoms with Gasteiger partial charge in [-0.3, -0.25) is 9.69 Å². The van der Waals surface area contributed by atoms with Gasteiger partial charge >= 0.3 is 6.03 Å². The number of hydrogen-bond donors (Lipinski definition) is 1. The second kappa shape index (κ2) is 10.3. The first-order valence-electron chi connectivity index (χ1n) is 12.7. The summed E-state index contributed by atoms with van der Waals surface area (Å²) in [7, 11) is 1.63. The van der Waals surface area contributed by atoms with E-state index >= 15 is 0 Å². The number of halogens is 2. The van der Waals surface area contributed by atoms with E-state index in [2.05, 4.69) is 9.88 Å². The Balaban J connectivity index is 1.35. The number of carbonyl (C=O) groups is 2. The molecule has 39 heavy (non-hydrogen) atoms. The van der Waals surface area contributed by atoms with Crippen molar-refractivity contribution in [1.29, 1.82) is 0 Å². The lowest BCUT2D eigenvalue weighted by Crippen LogP contribution is -2.48. The molecule has 1 aromatic heterocycles. The molecule has 1 aliphatic carbocycles. The Morgan fingerprint density at radius 2 is 1.72 bits per heavy atom. The Labute approximate surface area is 236 Å². The van der Waals surface area contributed by atoms with E-state index in [9.17, 15) is 9.59 Å². The largest absolute Gasteiger partial charge is 0.497 e. The standard InChI is InChI=1S/C30H26Cl2N4O3/c1-39-22-13-8-19(9-14-22)29-27-7-4-16-34(27)25-5-2-3-6-26(25)36(29)28(37)18-35(21-11-12-21)30(38)33-24-15-10-20(31)17-23(24)32/h2-10,13-17,21,29H,11-12,18H2,1H3,(H,33,38). The average molecular weight is 561 g/mol. The fraction of sp³-hybridized carbons (Fsp3) is 0.200. The molecule has 3 amide bonds. The van der Waals surface area contributed by atoms with Crippen LogP contribution >= 0.6 is 23.2 Å². The van der Waals surface area contributed by atoms with Crippen LogP contribution in [0.25, 0.3) is 5.69 Å². The summed E-state index contributed by atoms with van der Waals surface area (Å²) in [4.78, 5) is 31.1. The van der Waals surface area contributed by atoms with Crippen molar-refractivity contribution < 1.29 is 14.3 Å². The van der Waals surface area contributed by atoms with Gasteiger partial charge in [0, 0.05) is 17.3 Å². The van der Waals surface area contributed by atoms with Crippen LogP contribution in [-0.2, 0) is 4.79 Å². The molecule has 1 atom stereocenters. The Hall–Kier alpha value is -3.94. The summed E-state index contributed by atoms with van der Waals surface area (Å²) in [5.41, 5.74) is 4.04. The molecule has 6 rings (SSSR count). The predicted molar refractivity (Wildman–Crippen MR) is 153 cm³/mol. The van der Waals surface area contributed by atoms with Gasteiger partial charge in [0.2, 0.25) is 5.91 Å². The molecule has 7 nitrogen and oxygen atoms in total. The molecule has 2 aliphatic rings. The molecule has 0 spiro atoms. The summed E-state index contributed by atoms with van der Waals surface area (Å²) in [6.45, 7) is -0.0800. The van der Waals surface area contributed by atoms with Gasteiger partial charge in [-0.1, -0.05) is 47.5 Å². The Kier molecular flexibility index (Phi) is 6.71. The summed E-state index contributed by atoms with van der Waals surface area (Å²) < 4.78 is 7.48. The molecular formula is C30H26Cl2N4O3. The summed E-state index contributed by atoms with van der Waals surface area (Å²) in [5, 5.41) is 3.67. The van der Waals surface area contributed by atoms with Gasteiger partial charge in [-0.15, -0.1) is 0 Å². The van der Waals surface area contributed by atoms with E-state index in [1.807, 2.05) is 71.8 Å². The molecule has 0 bridgehead atoms. The highest BCUT2D eigenvalue weighted by molar-refractivity contribution is 6.36. The molecule has 2 heterocycles. The monoisotopic (exact) mass is 560 g/mol. The summed E-state index contributed by atoms with van der Waals surface area (Å²) in [5.74, 6) is 0.556. The summed E-state index contributed by atoms with van der Waals surface area (Å²) in [6, 6.07) is 23.7. The fourth-order valence-corrected chi connectivity index (χ4v) is 5.57. The first-order valence-corrected chi connectivity index (χ1v) is 13.5. The number of anilines is 2. The van der Waals surface area contributed by atoms with Crippen LogP contribution in [0.3, 0.4) is 0 Å². The second-order valence-corrected chi connectivity index (χ2v) is 10.5. The molecule has 1 unspecified atom stereocenters. The third-order valence-electron chi connectivity index (χ3n) is 7.15. The van der Waals surface area contributed by atoms with Gasteiger partial charge in [0.05, 0.1) is 34.9 Å². The van der Waals surface area contributed by atoms with Crippen molar-refractivity contribution in [3.05, 3.63) is 106 Å². The SMILES string of the molecule is COc1ccc(C2c3cccn3-c3ccccc3N2C(=O)CN(C(=O)Nc2ccc(Cl)cc2Cl)C2CC2)cc1. The van der Waals surface area contributed by atoms with Gasteiger partial charge in [-0.2, -0.15) is 0 Å². The van der Waals surface area contributed by atoms with Gasteiger partial charge in [-0.25, -0.2) is 4.79 Å². The zero-order valence-corrected chi connectivity index (χ0v) is 22.7. The molecule has 3 aromatic carbocycles. The minimum Gasteiger partial charge on any atom is -0.497 e. The van der Waals surface area contributed by atoms with E-state index in [1.54, 1.807) is 30.2 Å². The maximum absolute atomic E-state index is 14.2. The van der Waals surface area contributed by atoms with Crippen LogP contribution in [-0.4, -0.2) is 41.1 Å². The number of rotatable bonds is 6. The van der Waals surface area contributed by atoms with Crippen LogP contribution in [0.4, 0.5) is 16.2 Å². The van der Waals surface area contributed by atoms with E-state index in [0.717, 1.165) is 41.2 Å². The van der Waals surface area contributed by atoms with Crippen LogP contribution in [0.15, 0.2) is 85.1 Å². The molecule has 198 valence electrons. The topological polar surface area (TPSA) is 66.8 Å².